The van der Waals surface area contributed by atoms with E-state index in [1.807, 2.05) is 6.07 Å². The molecule has 4 rings (SSSR count). The third-order valence-electron chi connectivity index (χ3n) is 4.63. The molecule has 2 aliphatic rings. The summed E-state index contributed by atoms with van der Waals surface area (Å²) >= 11 is 0. The summed E-state index contributed by atoms with van der Waals surface area (Å²) in [6, 6.07) is 11.0. The van der Waals surface area contributed by atoms with Gasteiger partial charge in [-0.05, 0) is 18.4 Å². The van der Waals surface area contributed by atoms with Crippen molar-refractivity contribution in [2.24, 2.45) is 0 Å². The second-order valence-electron chi connectivity index (χ2n) is 6.66. The summed E-state index contributed by atoms with van der Waals surface area (Å²) < 4.78 is 0. The second kappa shape index (κ2) is 7.61. The zero-order chi connectivity index (χ0) is 16.9. The molecule has 1 aromatic carbocycles. The lowest BCUT2D eigenvalue weighted by atomic mass is 10.2. The number of aromatic nitrogens is 3. The number of piperazine rings is 1. The van der Waals surface area contributed by atoms with Crippen LogP contribution in [0.1, 0.15) is 18.4 Å². The molecule has 1 aliphatic heterocycles. The molecule has 2 fully saturated rings. The number of nitrogens with zero attached hydrogens (tertiary/aromatic N) is 5. The van der Waals surface area contributed by atoms with Crippen LogP contribution in [0.25, 0.3) is 6.08 Å². The van der Waals surface area contributed by atoms with Crippen LogP contribution in [0.3, 0.4) is 0 Å². The molecule has 1 saturated carbocycles. The van der Waals surface area contributed by atoms with E-state index in [9.17, 15) is 0 Å². The smallest absolute Gasteiger partial charge is 0.244 e. The Labute approximate surface area is 148 Å². The van der Waals surface area contributed by atoms with Gasteiger partial charge in [0.2, 0.25) is 5.95 Å². The van der Waals surface area contributed by atoms with Crippen LogP contribution < -0.4 is 10.2 Å². The van der Waals surface area contributed by atoms with Crippen molar-refractivity contribution in [2.75, 3.05) is 42.9 Å². The van der Waals surface area contributed by atoms with E-state index in [4.69, 9.17) is 0 Å². The first-order valence-electron chi connectivity index (χ1n) is 9.02. The Balaban J connectivity index is 1.27. The maximum atomic E-state index is 4.61. The predicted molar refractivity (Wildman–Crippen MR) is 101 cm³/mol. The van der Waals surface area contributed by atoms with Crippen molar-refractivity contribution in [1.29, 1.82) is 0 Å². The van der Waals surface area contributed by atoms with Crippen LogP contribution in [-0.2, 0) is 0 Å². The van der Waals surface area contributed by atoms with Gasteiger partial charge in [-0.1, -0.05) is 42.5 Å². The number of nitrogens with one attached hydrogen (secondary N) is 1. The van der Waals surface area contributed by atoms with Crippen LogP contribution in [0.15, 0.2) is 42.6 Å². The minimum absolute atomic E-state index is 0.547. The van der Waals surface area contributed by atoms with Gasteiger partial charge in [0, 0.05) is 38.8 Å². The van der Waals surface area contributed by atoms with Crippen molar-refractivity contribution in [3.05, 3.63) is 48.2 Å². The van der Waals surface area contributed by atoms with E-state index in [2.05, 4.69) is 66.7 Å². The summed E-state index contributed by atoms with van der Waals surface area (Å²) in [6.45, 7) is 5.00. The highest BCUT2D eigenvalue weighted by atomic mass is 15.3. The van der Waals surface area contributed by atoms with Gasteiger partial charge in [0.1, 0.15) is 0 Å². The lowest BCUT2D eigenvalue weighted by Crippen LogP contribution is -2.46. The number of hydrogen-bond donors (Lipinski definition) is 1. The molecule has 1 N–H and O–H groups in total. The topological polar surface area (TPSA) is 57.2 Å². The highest BCUT2D eigenvalue weighted by Gasteiger charge is 2.23. The van der Waals surface area contributed by atoms with Crippen LogP contribution >= 0.6 is 0 Å². The molecule has 6 heteroatoms. The zero-order valence-electron chi connectivity index (χ0n) is 14.4. The minimum Gasteiger partial charge on any atom is -0.353 e. The molecule has 0 bridgehead atoms. The van der Waals surface area contributed by atoms with Gasteiger partial charge >= 0.3 is 0 Å². The Morgan fingerprint density at radius 3 is 2.64 bits per heavy atom. The van der Waals surface area contributed by atoms with Crippen LogP contribution in [-0.4, -0.2) is 58.8 Å². The molecule has 1 aliphatic carbocycles. The van der Waals surface area contributed by atoms with E-state index in [-0.39, 0.29) is 0 Å². The van der Waals surface area contributed by atoms with E-state index in [1.54, 1.807) is 6.20 Å². The van der Waals surface area contributed by atoms with Gasteiger partial charge in [-0.2, -0.15) is 10.1 Å². The summed E-state index contributed by atoms with van der Waals surface area (Å²) in [5.74, 6) is 1.59. The standard InChI is InChI=1S/C19H24N6/c1-2-5-16(6-3-1)7-4-10-24-11-13-25(14-12-24)18-15-20-23-19(22-18)21-17-8-9-17/h1-7,15,17H,8-14H2,(H,21,22,23)/b7-4+. The molecule has 0 amide bonds. The van der Waals surface area contributed by atoms with Crippen LogP contribution in [0.2, 0.25) is 0 Å². The molecular weight excluding hydrogens is 312 g/mol. The summed E-state index contributed by atoms with van der Waals surface area (Å²) in [4.78, 5) is 9.37. The Morgan fingerprint density at radius 2 is 1.88 bits per heavy atom. The fourth-order valence-electron chi connectivity index (χ4n) is 2.98. The number of rotatable bonds is 6. The molecule has 0 radical (unpaired) electrons. The Bertz CT molecular complexity index is 705. The fraction of sp³-hybridized carbons (Fsp3) is 0.421. The van der Waals surface area contributed by atoms with Crippen molar-refractivity contribution in [3.63, 3.8) is 0 Å². The summed E-state index contributed by atoms with van der Waals surface area (Å²) in [5, 5.41) is 11.5. The molecule has 0 spiro atoms. The third kappa shape index (κ3) is 4.54. The lowest BCUT2D eigenvalue weighted by Gasteiger charge is -2.34. The summed E-state index contributed by atoms with van der Waals surface area (Å²) in [5.41, 5.74) is 1.25. The van der Waals surface area contributed by atoms with Crippen molar-refractivity contribution in [3.8, 4) is 0 Å². The molecule has 0 atom stereocenters. The maximum absolute atomic E-state index is 4.61. The average Bonchev–Trinajstić information content (AvgIpc) is 3.47. The van der Waals surface area contributed by atoms with Gasteiger partial charge < -0.3 is 10.2 Å². The van der Waals surface area contributed by atoms with Gasteiger partial charge in [0.15, 0.2) is 5.82 Å². The zero-order valence-corrected chi connectivity index (χ0v) is 14.4. The molecular formula is C19H24N6. The van der Waals surface area contributed by atoms with E-state index in [1.165, 1.54) is 18.4 Å². The summed E-state index contributed by atoms with van der Waals surface area (Å²) in [7, 11) is 0. The Morgan fingerprint density at radius 1 is 1.08 bits per heavy atom. The lowest BCUT2D eigenvalue weighted by molar-refractivity contribution is 0.283. The fourth-order valence-corrected chi connectivity index (χ4v) is 2.98. The van der Waals surface area contributed by atoms with Gasteiger partial charge in [0.05, 0.1) is 6.20 Å². The van der Waals surface area contributed by atoms with Crippen molar-refractivity contribution in [1.82, 2.24) is 20.1 Å². The number of hydrogen-bond acceptors (Lipinski definition) is 6. The first-order chi connectivity index (χ1) is 12.4. The van der Waals surface area contributed by atoms with Gasteiger partial charge in [-0.25, -0.2) is 0 Å². The van der Waals surface area contributed by atoms with E-state index >= 15 is 0 Å². The predicted octanol–water partition coefficient (Wildman–Crippen LogP) is 2.28. The van der Waals surface area contributed by atoms with E-state index < -0.39 is 0 Å². The van der Waals surface area contributed by atoms with Crippen LogP contribution in [0.5, 0.6) is 0 Å². The Kier molecular flexibility index (Phi) is 4.88. The quantitative estimate of drug-likeness (QED) is 0.873. The first kappa shape index (κ1) is 16.0. The molecule has 2 heterocycles. The molecule has 25 heavy (non-hydrogen) atoms. The highest BCUT2D eigenvalue weighted by molar-refractivity contribution is 5.48. The van der Waals surface area contributed by atoms with Crippen molar-refractivity contribution in [2.45, 2.75) is 18.9 Å². The van der Waals surface area contributed by atoms with Gasteiger partial charge in [-0.3, -0.25) is 4.90 Å². The molecule has 6 nitrogen and oxygen atoms in total. The van der Waals surface area contributed by atoms with Crippen molar-refractivity contribution < 1.29 is 0 Å². The monoisotopic (exact) mass is 336 g/mol. The van der Waals surface area contributed by atoms with Gasteiger partial charge in [0.25, 0.3) is 0 Å². The Hall–Kier alpha value is -2.47. The normalized spacial score (nSPS) is 18.6. The first-order valence-corrected chi connectivity index (χ1v) is 9.02. The molecule has 2 aromatic rings. The SMILES string of the molecule is C(=C\c1ccccc1)/CN1CCN(c2cnnc(NC3CC3)n2)CC1. The molecule has 1 saturated heterocycles. The van der Waals surface area contributed by atoms with Gasteiger partial charge in [-0.15, -0.1) is 5.10 Å². The summed E-state index contributed by atoms with van der Waals surface area (Å²) in [6.07, 6.45) is 8.63. The number of anilines is 2. The molecule has 130 valence electrons. The second-order valence-corrected chi connectivity index (χ2v) is 6.66. The van der Waals surface area contributed by atoms with E-state index in [0.717, 1.165) is 38.5 Å². The number of benzene rings is 1. The van der Waals surface area contributed by atoms with E-state index in [0.29, 0.717) is 12.0 Å². The minimum atomic E-state index is 0.547. The van der Waals surface area contributed by atoms with Crippen LogP contribution in [0.4, 0.5) is 11.8 Å². The largest absolute Gasteiger partial charge is 0.353 e. The average molecular weight is 336 g/mol. The van der Waals surface area contributed by atoms with Crippen molar-refractivity contribution >= 4 is 17.8 Å². The van der Waals surface area contributed by atoms with Crippen LogP contribution in [0, 0.1) is 0 Å². The highest BCUT2D eigenvalue weighted by Crippen LogP contribution is 2.23. The maximum Gasteiger partial charge on any atom is 0.244 e. The third-order valence-corrected chi connectivity index (χ3v) is 4.63. The molecule has 1 aromatic heterocycles. The molecule has 0 unspecified atom stereocenters.